The summed E-state index contributed by atoms with van der Waals surface area (Å²) in [7, 11) is 0.995. The third-order valence-electron chi connectivity index (χ3n) is 3.74. The third kappa shape index (κ3) is 2.52. The molecule has 0 aliphatic carbocycles. The lowest BCUT2D eigenvalue weighted by atomic mass is 9.80. The van der Waals surface area contributed by atoms with Crippen molar-refractivity contribution in [2.75, 3.05) is 32.4 Å². The topological polar surface area (TPSA) is 41.8 Å². The van der Waals surface area contributed by atoms with Gasteiger partial charge in [-0.25, -0.2) is 12.7 Å². The number of quaternary nitrogens is 1. The van der Waals surface area contributed by atoms with Crippen molar-refractivity contribution in [3.8, 4) is 0 Å². The molecule has 0 saturated carbocycles. The molecule has 15 heavy (non-hydrogen) atoms. The lowest BCUT2D eigenvalue weighted by molar-refractivity contribution is -0.909. The fourth-order valence-electron chi connectivity index (χ4n) is 2.69. The fraction of sp³-hybridized carbons (Fsp3) is 0.900. The van der Waals surface area contributed by atoms with E-state index in [0.29, 0.717) is 13.1 Å². The SMILES string of the molecule is [CH2-][NH+]1CC(C2CCN(S(C)(=O)=O)CC2)C1. The van der Waals surface area contributed by atoms with Crippen molar-refractivity contribution in [3.63, 3.8) is 0 Å². The monoisotopic (exact) mass is 232 g/mol. The minimum absolute atomic E-state index is 0.715. The molecule has 2 fully saturated rings. The molecule has 0 spiro atoms. The average Bonchev–Trinajstić information content (AvgIpc) is 2.12. The Hall–Kier alpha value is -0.130. The molecule has 0 amide bonds. The van der Waals surface area contributed by atoms with Crippen LogP contribution in [0.15, 0.2) is 0 Å². The fourth-order valence-corrected chi connectivity index (χ4v) is 3.57. The summed E-state index contributed by atoms with van der Waals surface area (Å²) in [6, 6.07) is 0. The van der Waals surface area contributed by atoms with Crippen LogP contribution < -0.4 is 4.90 Å². The Labute approximate surface area is 92.3 Å². The van der Waals surface area contributed by atoms with Crippen LogP contribution in [0.2, 0.25) is 0 Å². The van der Waals surface area contributed by atoms with Crippen LogP contribution in [0.25, 0.3) is 0 Å². The van der Waals surface area contributed by atoms with Crippen LogP contribution >= 0.6 is 0 Å². The number of piperidine rings is 1. The van der Waals surface area contributed by atoms with E-state index in [1.165, 1.54) is 24.2 Å². The predicted octanol–water partition coefficient (Wildman–Crippen LogP) is -1.04. The van der Waals surface area contributed by atoms with Gasteiger partial charge >= 0.3 is 0 Å². The number of sulfonamides is 1. The second-order valence-corrected chi connectivity index (χ2v) is 6.90. The minimum atomic E-state index is -2.96. The first kappa shape index (κ1) is 11.4. The molecule has 88 valence electrons. The summed E-state index contributed by atoms with van der Waals surface area (Å²) in [6.07, 6.45) is 3.37. The smallest absolute Gasteiger partial charge is 0.211 e. The highest BCUT2D eigenvalue weighted by atomic mass is 32.2. The van der Waals surface area contributed by atoms with Gasteiger partial charge in [0.15, 0.2) is 0 Å². The normalized spacial score (nSPS) is 35.1. The van der Waals surface area contributed by atoms with Gasteiger partial charge in [0.2, 0.25) is 10.0 Å². The number of hydrogen-bond donors (Lipinski definition) is 1. The molecule has 0 aromatic heterocycles. The van der Waals surface area contributed by atoms with Gasteiger partial charge < -0.3 is 4.90 Å². The zero-order valence-electron chi connectivity index (χ0n) is 9.28. The molecule has 0 aromatic rings. The zero-order valence-corrected chi connectivity index (χ0v) is 10.1. The molecule has 4 nitrogen and oxygen atoms in total. The lowest BCUT2D eigenvalue weighted by Gasteiger charge is -2.44. The average molecular weight is 232 g/mol. The van der Waals surface area contributed by atoms with Crippen molar-refractivity contribution < 1.29 is 13.3 Å². The Morgan fingerprint density at radius 1 is 1.20 bits per heavy atom. The molecule has 2 saturated heterocycles. The van der Waals surface area contributed by atoms with Crippen molar-refractivity contribution in [1.82, 2.24) is 4.31 Å². The van der Waals surface area contributed by atoms with E-state index in [2.05, 4.69) is 7.05 Å². The van der Waals surface area contributed by atoms with Crippen LogP contribution in [-0.2, 0) is 10.0 Å². The Kier molecular flexibility index (Phi) is 3.05. The Balaban J connectivity index is 1.82. The van der Waals surface area contributed by atoms with Gasteiger partial charge in [-0.05, 0) is 18.8 Å². The van der Waals surface area contributed by atoms with Gasteiger partial charge in [0.25, 0.3) is 0 Å². The van der Waals surface area contributed by atoms with Gasteiger partial charge in [-0.15, -0.1) is 0 Å². The van der Waals surface area contributed by atoms with Gasteiger partial charge in [-0.2, -0.15) is 7.05 Å². The van der Waals surface area contributed by atoms with Crippen LogP contribution in [0.3, 0.4) is 0 Å². The summed E-state index contributed by atoms with van der Waals surface area (Å²) in [5.74, 6) is 1.52. The maximum Gasteiger partial charge on any atom is 0.211 e. The first-order chi connectivity index (χ1) is 6.97. The maximum absolute atomic E-state index is 11.3. The molecule has 0 atom stereocenters. The van der Waals surface area contributed by atoms with Gasteiger partial charge in [0.1, 0.15) is 0 Å². The zero-order chi connectivity index (χ0) is 11.1. The highest BCUT2D eigenvalue weighted by molar-refractivity contribution is 7.88. The van der Waals surface area contributed by atoms with Gasteiger partial charge in [-0.1, -0.05) is 0 Å². The largest absolute Gasteiger partial charge is 0.467 e. The molecule has 1 N–H and O–H groups in total. The van der Waals surface area contributed by atoms with Crippen molar-refractivity contribution in [3.05, 3.63) is 7.05 Å². The summed E-state index contributed by atoms with van der Waals surface area (Å²) in [6.45, 7) is 3.77. The number of nitrogens with zero attached hydrogens (tertiary/aromatic N) is 1. The molecular weight excluding hydrogens is 212 g/mol. The van der Waals surface area contributed by atoms with Gasteiger partial charge in [-0.3, -0.25) is 0 Å². The molecule has 5 heteroatoms. The molecule has 2 aliphatic heterocycles. The minimum Gasteiger partial charge on any atom is -0.467 e. The first-order valence-corrected chi connectivity index (χ1v) is 7.43. The van der Waals surface area contributed by atoms with E-state index >= 15 is 0 Å². The van der Waals surface area contributed by atoms with Crippen LogP contribution in [0, 0.1) is 18.9 Å². The molecule has 2 heterocycles. The van der Waals surface area contributed by atoms with E-state index in [9.17, 15) is 8.42 Å². The molecule has 2 rings (SSSR count). The van der Waals surface area contributed by atoms with Crippen LogP contribution in [0.4, 0.5) is 0 Å². The van der Waals surface area contributed by atoms with Crippen molar-refractivity contribution >= 4 is 10.0 Å². The van der Waals surface area contributed by atoms with Crippen LogP contribution in [-0.4, -0.2) is 45.2 Å². The Morgan fingerprint density at radius 3 is 2.13 bits per heavy atom. The highest BCUT2D eigenvalue weighted by Gasteiger charge is 2.36. The first-order valence-electron chi connectivity index (χ1n) is 5.58. The Morgan fingerprint density at radius 2 is 1.73 bits per heavy atom. The number of nitrogens with one attached hydrogen (secondary N) is 1. The second kappa shape index (κ2) is 4.03. The molecule has 0 aromatic carbocycles. The second-order valence-electron chi connectivity index (χ2n) is 4.92. The standard InChI is InChI=1S/C10H20N2O2S/c1-11-7-10(8-11)9-3-5-12(6-4-9)15(2,13)14/h9-11H,1,3-8H2,2H3. The maximum atomic E-state index is 11.3. The molecule has 0 bridgehead atoms. The van der Waals surface area contributed by atoms with Gasteiger partial charge in [0, 0.05) is 13.1 Å². The summed E-state index contributed by atoms with van der Waals surface area (Å²) in [5, 5.41) is 0. The number of likely N-dealkylation sites (tertiary alicyclic amines) is 1. The number of rotatable bonds is 2. The quantitative estimate of drug-likeness (QED) is 0.618. The van der Waals surface area contributed by atoms with Crippen LogP contribution in [0.5, 0.6) is 0 Å². The van der Waals surface area contributed by atoms with E-state index in [0.717, 1.165) is 24.7 Å². The van der Waals surface area contributed by atoms with Crippen LogP contribution in [0.1, 0.15) is 12.8 Å². The highest BCUT2D eigenvalue weighted by Crippen LogP contribution is 2.26. The lowest BCUT2D eigenvalue weighted by Crippen LogP contribution is -3.16. The molecule has 0 radical (unpaired) electrons. The van der Waals surface area contributed by atoms with E-state index < -0.39 is 10.0 Å². The molecule has 0 unspecified atom stereocenters. The summed E-state index contributed by atoms with van der Waals surface area (Å²) in [5.41, 5.74) is 0. The summed E-state index contributed by atoms with van der Waals surface area (Å²) < 4.78 is 24.2. The summed E-state index contributed by atoms with van der Waals surface area (Å²) >= 11 is 0. The van der Waals surface area contributed by atoms with Crippen molar-refractivity contribution in [1.29, 1.82) is 0 Å². The van der Waals surface area contributed by atoms with E-state index in [1.54, 1.807) is 4.31 Å². The summed E-state index contributed by atoms with van der Waals surface area (Å²) in [4.78, 5) is 1.37. The van der Waals surface area contributed by atoms with E-state index in [1.807, 2.05) is 0 Å². The third-order valence-corrected chi connectivity index (χ3v) is 5.04. The van der Waals surface area contributed by atoms with Crippen molar-refractivity contribution in [2.24, 2.45) is 11.8 Å². The molecular formula is C10H20N2O2S. The van der Waals surface area contributed by atoms with E-state index in [-0.39, 0.29) is 0 Å². The number of hydrogen-bond acceptors (Lipinski definition) is 2. The van der Waals surface area contributed by atoms with E-state index in [4.69, 9.17) is 0 Å². The van der Waals surface area contributed by atoms with Crippen molar-refractivity contribution in [2.45, 2.75) is 12.8 Å². The Bertz CT molecular complexity index is 314. The van der Waals surface area contributed by atoms with Gasteiger partial charge in [0.05, 0.1) is 25.3 Å². The molecule has 2 aliphatic rings. The predicted molar refractivity (Wildman–Crippen MR) is 58.7 cm³/mol.